The highest BCUT2D eigenvalue weighted by molar-refractivity contribution is 9.10. The van der Waals surface area contributed by atoms with Crippen LogP contribution < -0.4 is 9.64 Å². The number of ether oxygens (including phenoxy) is 1. The normalized spacial score (nSPS) is 27.0. The number of hydrogen-bond donors (Lipinski definition) is 0. The molecule has 0 radical (unpaired) electrons. The van der Waals surface area contributed by atoms with Gasteiger partial charge >= 0.3 is 0 Å². The zero-order valence-corrected chi connectivity index (χ0v) is 28.2. The van der Waals surface area contributed by atoms with E-state index in [0.29, 0.717) is 39.2 Å². The van der Waals surface area contributed by atoms with Gasteiger partial charge in [0.1, 0.15) is 21.5 Å². The second-order valence-electron chi connectivity index (χ2n) is 12.1. The van der Waals surface area contributed by atoms with Crippen LogP contribution in [0.15, 0.2) is 59.2 Å². The van der Waals surface area contributed by atoms with Crippen LogP contribution in [0.4, 0.5) is 5.69 Å². The van der Waals surface area contributed by atoms with Gasteiger partial charge in [0.05, 0.1) is 18.5 Å². The van der Waals surface area contributed by atoms with Gasteiger partial charge in [-0.25, -0.2) is 4.68 Å². The largest absolute Gasteiger partial charge is 0.494 e. The summed E-state index contributed by atoms with van der Waals surface area (Å²) in [5, 5.41) is 8.83. The molecule has 12 heteroatoms. The van der Waals surface area contributed by atoms with Gasteiger partial charge in [0, 0.05) is 54.8 Å². The molecule has 234 valence electrons. The Balaban J connectivity index is 1.12. The SMILES string of the molecule is CCOc1ccc(C2(C(=O)N3C[C@@H](C)N(Cc4cn(C5CCCN(c6ccc(Br)cc6)C5=O)nn4)[C@@H](C)C3)CC2(Cl)Cl)cc1. The number of benzene rings is 2. The van der Waals surface area contributed by atoms with E-state index in [4.69, 9.17) is 27.9 Å². The highest BCUT2D eigenvalue weighted by Gasteiger charge is 2.73. The van der Waals surface area contributed by atoms with Gasteiger partial charge in [0.2, 0.25) is 5.91 Å². The van der Waals surface area contributed by atoms with Crippen molar-refractivity contribution in [3.05, 3.63) is 70.5 Å². The van der Waals surface area contributed by atoms with E-state index in [1.54, 1.807) is 4.68 Å². The molecule has 1 aliphatic carbocycles. The number of carbonyl (C=O) groups excluding carboxylic acids is 2. The Kier molecular flexibility index (Phi) is 8.73. The molecule has 0 spiro atoms. The molecule has 1 saturated carbocycles. The summed E-state index contributed by atoms with van der Waals surface area (Å²) < 4.78 is 7.12. The summed E-state index contributed by atoms with van der Waals surface area (Å²) in [6.45, 7) is 9.08. The van der Waals surface area contributed by atoms with Crippen LogP contribution in [0, 0.1) is 0 Å². The van der Waals surface area contributed by atoms with Crippen LogP contribution in [0.1, 0.15) is 57.3 Å². The minimum Gasteiger partial charge on any atom is -0.494 e. The summed E-state index contributed by atoms with van der Waals surface area (Å²) in [5.41, 5.74) is 1.52. The molecule has 1 aromatic heterocycles. The lowest BCUT2D eigenvalue weighted by Crippen LogP contribution is -2.59. The number of aromatic nitrogens is 3. The molecule has 3 aliphatic rings. The average Bonchev–Trinajstić information content (AvgIpc) is 3.32. The molecule has 3 aromatic rings. The van der Waals surface area contributed by atoms with E-state index in [2.05, 4.69) is 45.0 Å². The molecule has 2 aromatic carbocycles. The first kappa shape index (κ1) is 31.3. The maximum atomic E-state index is 14.1. The van der Waals surface area contributed by atoms with Crippen molar-refractivity contribution in [2.75, 3.05) is 31.1 Å². The van der Waals surface area contributed by atoms with E-state index >= 15 is 0 Å². The highest BCUT2D eigenvalue weighted by Crippen LogP contribution is 2.65. The second kappa shape index (κ2) is 12.3. The summed E-state index contributed by atoms with van der Waals surface area (Å²) in [5.74, 6) is 0.735. The number of amides is 2. The van der Waals surface area contributed by atoms with E-state index in [0.717, 1.165) is 40.0 Å². The van der Waals surface area contributed by atoms with Gasteiger partial charge in [0.25, 0.3) is 5.91 Å². The summed E-state index contributed by atoms with van der Waals surface area (Å²) >= 11 is 16.8. The van der Waals surface area contributed by atoms with E-state index in [1.165, 1.54) is 0 Å². The van der Waals surface area contributed by atoms with Gasteiger partial charge in [-0.15, -0.1) is 28.3 Å². The molecule has 6 rings (SSSR count). The summed E-state index contributed by atoms with van der Waals surface area (Å²) in [7, 11) is 0. The fourth-order valence-electron chi connectivity index (χ4n) is 6.77. The maximum absolute atomic E-state index is 14.1. The third kappa shape index (κ3) is 5.74. The Morgan fingerprint density at radius 1 is 1.07 bits per heavy atom. The molecule has 3 heterocycles. The van der Waals surface area contributed by atoms with Crippen molar-refractivity contribution in [2.24, 2.45) is 0 Å². The van der Waals surface area contributed by atoms with Crippen LogP contribution in [0.25, 0.3) is 0 Å². The first-order valence-corrected chi connectivity index (χ1v) is 16.7. The number of rotatable bonds is 8. The third-order valence-corrected chi connectivity index (χ3v) is 10.6. The molecule has 4 atom stereocenters. The Morgan fingerprint density at radius 3 is 2.34 bits per heavy atom. The number of alkyl halides is 2. The Labute approximate surface area is 276 Å². The number of piperidine rings is 1. The van der Waals surface area contributed by atoms with Crippen molar-refractivity contribution in [1.29, 1.82) is 0 Å². The van der Waals surface area contributed by atoms with Gasteiger partial charge < -0.3 is 14.5 Å². The van der Waals surface area contributed by atoms with Gasteiger partial charge in [-0.1, -0.05) is 33.3 Å². The molecule has 2 amide bonds. The van der Waals surface area contributed by atoms with E-state index < -0.39 is 9.75 Å². The van der Waals surface area contributed by atoms with E-state index in [1.807, 2.05) is 71.5 Å². The van der Waals surface area contributed by atoms with Crippen LogP contribution in [-0.4, -0.2) is 79.3 Å². The zero-order chi connectivity index (χ0) is 31.2. The summed E-state index contributed by atoms with van der Waals surface area (Å²) in [6.07, 6.45) is 3.88. The van der Waals surface area contributed by atoms with Crippen molar-refractivity contribution in [3.8, 4) is 5.75 Å². The quantitative estimate of drug-likeness (QED) is 0.278. The number of piperazine rings is 1. The number of hydrogen-bond acceptors (Lipinski definition) is 6. The molecule has 0 N–H and O–H groups in total. The Bertz CT molecular complexity index is 1500. The van der Waals surface area contributed by atoms with E-state index in [9.17, 15) is 9.59 Å². The minimum absolute atomic E-state index is 0.0279. The van der Waals surface area contributed by atoms with Crippen molar-refractivity contribution in [2.45, 2.75) is 74.5 Å². The van der Waals surface area contributed by atoms with Gasteiger partial charge in [-0.3, -0.25) is 14.5 Å². The van der Waals surface area contributed by atoms with Crippen LogP contribution >= 0.6 is 39.1 Å². The zero-order valence-electron chi connectivity index (χ0n) is 25.1. The number of nitrogens with zero attached hydrogens (tertiary/aromatic N) is 6. The fourth-order valence-corrected chi connectivity index (χ4v) is 7.81. The van der Waals surface area contributed by atoms with Crippen molar-refractivity contribution < 1.29 is 14.3 Å². The maximum Gasteiger partial charge on any atom is 0.251 e. The van der Waals surface area contributed by atoms with Crippen LogP contribution in [0.5, 0.6) is 5.75 Å². The highest BCUT2D eigenvalue weighted by atomic mass is 79.9. The second-order valence-corrected chi connectivity index (χ2v) is 14.5. The van der Waals surface area contributed by atoms with Crippen LogP contribution in [0.3, 0.4) is 0 Å². The first-order chi connectivity index (χ1) is 21.0. The van der Waals surface area contributed by atoms with E-state index in [-0.39, 0.29) is 29.9 Å². The molecular weight excluding hydrogens is 667 g/mol. The topological polar surface area (TPSA) is 83.8 Å². The summed E-state index contributed by atoms with van der Waals surface area (Å²) in [4.78, 5) is 33.6. The van der Waals surface area contributed by atoms with Crippen molar-refractivity contribution in [1.82, 2.24) is 24.8 Å². The number of carbonyl (C=O) groups is 2. The third-order valence-electron chi connectivity index (χ3n) is 9.17. The standard InChI is InChI=1S/C32H37BrCl2N6O3/c1-4-44-27-13-7-23(8-14-27)31(20-32(31,34)35)30(43)38-16-21(2)40(22(3)17-38)18-25-19-41(37-36-25)28-6-5-15-39(29(28)42)26-11-9-24(33)10-12-26/h7-14,19,21-22,28H,4-6,15-18,20H2,1-3H3/t21-,22+,28?,31?. The molecule has 9 nitrogen and oxygen atoms in total. The lowest BCUT2D eigenvalue weighted by molar-refractivity contribution is -0.138. The van der Waals surface area contributed by atoms with Gasteiger partial charge in [-0.2, -0.15) is 0 Å². The van der Waals surface area contributed by atoms with Gasteiger partial charge in [-0.05, 0) is 75.6 Å². The van der Waals surface area contributed by atoms with Crippen LogP contribution in [-0.2, 0) is 21.5 Å². The molecule has 3 fully saturated rings. The minimum atomic E-state index is -1.15. The fraction of sp³-hybridized carbons (Fsp3) is 0.500. The summed E-state index contributed by atoms with van der Waals surface area (Å²) in [6, 6.07) is 15.1. The Morgan fingerprint density at radius 2 is 1.73 bits per heavy atom. The number of halogens is 3. The lowest BCUT2D eigenvalue weighted by Gasteiger charge is -2.45. The monoisotopic (exact) mass is 702 g/mol. The molecule has 44 heavy (non-hydrogen) atoms. The molecule has 2 saturated heterocycles. The smallest absolute Gasteiger partial charge is 0.251 e. The predicted octanol–water partition coefficient (Wildman–Crippen LogP) is 5.74. The molecule has 0 bridgehead atoms. The van der Waals surface area contributed by atoms with Gasteiger partial charge in [0.15, 0.2) is 0 Å². The van der Waals surface area contributed by atoms with Crippen molar-refractivity contribution >= 4 is 56.6 Å². The predicted molar refractivity (Wildman–Crippen MR) is 174 cm³/mol. The Hall–Kier alpha value is -2.66. The molecular formula is C32H37BrCl2N6O3. The lowest BCUT2D eigenvalue weighted by atomic mass is 9.92. The first-order valence-electron chi connectivity index (χ1n) is 15.2. The van der Waals surface area contributed by atoms with Crippen molar-refractivity contribution in [3.63, 3.8) is 0 Å². The number of anilines is 1. The average molecular weight is 704 g/mol. The molecule has 2 aliphatic heterocycles. The van der Waals surface area contributed by atoms with Crippen LogP contribution in [0.2, 0.25) is 0 Å². The molecule has 2 unspecified atom stereocenters.